The average Bonchev–Trinajstić information content (AvgIpc) is 3.24. The number of nitrogens with two attached hydrogens (primary N) is 2. The van der Waals surface area contributed by atoms with Gasteiger partial charge in [0.15, 0.2) is 11.5 Å². The minimum atomic E-state index is -0.523. The van der Waals surface area contributed by atoms with Gasteiger partial charge in [-0.25, -0.2) is 9.97 Å². The second kappa shape index (κ2) is 8.09. The number of hydrogen-bond acceptors (Lipinski definition) is 6. The van der Waals surface area contributed by atoms with Gasteiger partial charge in [0.2, 0.25) is 0 Å². The van der Waals surface area contributed by atoms with Crippen LogP contribution in [0, 0.1) is 0 Å². The number of nitrogens with one attached hydrogen (secondary N) is 2. The van der Waals surface area contributed by atoms with E-state index in [0.29, 0.717) is 11.5 Å². The number of nitrogens with zero attached hydrogens (tertiary/aromatic N) is 3. The van der Waals surface area contributed by atoms with Crippen molar-refractivity contribution < 1.29 is 0 Å². The van der Waals surface area contributed by atoms with Crippen LogP contribution in [0.15, 0.2) is 60.8 Å². The Morgan fingerprint density at radius 3 is 2.68 bits per heavy atom. The minimum Gasteiger partial charge on any atom is -0.381 e. The number of rotatable bonds is 5. The molecule has 2 aromatic carbocycles. The molecule has 0 atom stereocenters. The highest BCUT2D eigenvalue weighted by atomic mass is 15.2. The van der Waals surface area contributed by atoms with Crippen LogP contribution in [0.3, 0.4) is 0 Å². The minimum absolute atomic E-state index is 0.222. The second-order valence-corrected chi connectivity index (χ2v) is 8.44. The maximum Gasteiger partial charge on any atom is 0.184 e. The van der Waals surface area contributed by atoms with Gasteiger partial charge in [-0.3, -0.25) is 5.10 Å². The van der Waals surface area contributed by atoms with Crippen LogP contribution in [0.2, 0.25) is 0 Å². The van der Waals surface area contributed by atoms with Gasteiger partial charge in [-0.05, 0) is 43.4 Å². The lowest BCUT2D eigenvalue weighted by Gasteiger charge is -2.34. The highest BCUT2D eigenvalue weighted by molar-refractivity contribution is 5.90. The zero-order valence-electron chi connectivity index (χ0n) is 17.4. The molecule has 5 rings (SSSR count). The number of fused-ring (bicyclic) bond motifs is 1. The van der Waals surface area contributed by atoms with E-state index < -0.39 is 5.54 Å². The molecule has 0 spiro atoms. The van der Waals surface area contributed by atoms with Gasteiger partial charge in [0.05, 0.1) is 16.6 Å². The molecule has 0 amide bonds. The van der Waals surface area contributed by atoms with E-state index in [0.717, 1.165) is 54.6 Å². The lowest BCUT2D eigenvalue weighted by atomic mass is 9.80. The first-order valence-corrected chi connectivity index (χ1v) is 10.7. The fourth-order valence-corrected chi connectivity index (χ4v) is 4.23. The van der Waals surface area contributed by atoms with E-state index in [9.17, 15) is 0 Å². The van der Waals surface area contributed by atoms with Crippen LogP contribution in [0.1, 0.15) is 37.1 Å². The molecule has 1 fully saturated rings. The summed E-state index contributed by atoms with van der Waals surface area (Å²) in [6.07, 6.45) is 5.22. The summed E-state index contributed by atoms with van der Waals surface area (Å²) in [5.41, 5.74) is 17.0. The molecule has 0 saturated heterocycles. The predicted octanol–water partition coefficient (Wildman–Crippen LogP) is 3.69. The summed E-state index contributed by atoms with van der Waals surface area (Å²) in [6.45, 7) is 0.767. The second-order valence-electron chi connectivity index (χ2n) is 8.44. The Balaban J connectivity index is 1.39. The molecule has 0 bridgehead atoms. The molecule has 0 unspecified atom stereocenters. The van der Waals surface area contributed by atoms with Gasteiger partial charge in [-0.15, -0.1) is 0 Å². The first-order chi connectivity index (χ1) is 15.1. The van der Waals surface area contributed by atoms with Crippen molar-refractivity contribution in [1.82, 2.24) is 20.2 Å². The smallest absolute Gasteiger partial charge is 0.184 e. The van der Waals surface area contributed by atoms with Crippen LogP contribution in [0.4, 0.5) is 5.69 Å². The van der Waals surface area contributed by atoms with Crippen molar-refractivity contribution >= 4 is 16.7 Å². The number of anilines is 1. The molecule has 1 aliphatic carbocycles. The van der Waals surface area contributed by atoms with Crippen molar-refractivity contribution in [3.8, 4) is 11.3 Å². The van der Waals surface area contributed by atoms with Crippen molar-refractivity contribution in [1.29, 1.82) is 0 Å². The molecule has 1 aliphatic rings. The van der Waals surface area contributed by atoms with E-state index in [1.54, 1.807) is 0 Å². The highest BCUT2D eigenvalue weighted by Gasteiger charge is 2.35. The average molecular weight is 414 g/mol. The summed E-state index contributed by atoms with van der Waals surface area (Å²) < 4.78 is 0. The molecule has 2 heterocycles. The number of H-pyrrole nitrogens is 1. The zero-order chi connectivity index (χ0) is 21.3. The van der Waals surface area contributed by atoms with Gasteiger partial charge in [-0.2, -0.15) is 5.10 Å². The topological polar surface area (TPSA) is 119 Å². The molecule has 0 aliphatic heterocycles. The largest absolute Gasteiger partial charge is 0.381 e. The van der Waals surface area contributed by atoms with Crippen molar-refractivity contribution in [2.24, 2.45) is 11.5 Å². The normalized spacial score (nSPS) is 21.3. The SMILES string of the molecule is NC1CCC(N)(c2ncc3c(-c4cccc(NCc5ccccc5)c4)[nH]nc3n2)CC1. The summed E-state index contributed by atoms with van der Waals surface area (Å²) >= 11 is 0. The Morgan fingerprint density at radius 1 is 1.06 bits per heavy atom. The van der Waals surface area contributed by atoms with E-state index in [4.69, 9.17) is 16.5 Å². The standard InChI is InChI=1S/C24H27N7/c25-18-9-11-24(26,12-10-18)23-28-15-20-21(30-31-22(20)29-23)17-7-4-8-19(13-17)27-14-16-5-2-1-3-6-16/h1-8,13,15,18,27H,9-12,14,25-26H2,(H,28,29,30,31). The van der Waals surface area contributed by atoms with Crippen LogP contribution >= 0.6 is 0 Å². The lowest BCUT2D eigenvalue weighted by Crippen LogP contribution is -2.44. The molecule has 2 aromatic heterocycles. The maximum absolute atomic E-state index is 6.63. The summed E-state index contributed by atoms with van der Waals surface area (Å²) in [5, 5.41) is 12.0. The van der Waals surface area contributed by atoms with E-state index in [-0.39, 0.29) is 6.04 Å². The van der Waals surface area contributed by atoms with Crippen molar-refractivity contribution in [3.05, 3.63) is 72.2 Å². The van der Waals surface area contributed by atoms with Gasteiger partial charge in [0.25, 0.3) is 0 Å². The van der Waals surface area contributed by atoms with Crippen molar-refractivity contribution in [2.75, 3.05) is 5.32 Å². The molecular formula is C24H27N7. The molecule has 31 heavy (non-hydrogen) atoms. The van der Waals surface area contributed by atoms with Crippen molar-refractivity contribution in [2.45, 2.75) is 43.8 Å². The van der Waals surface area contributed by atoms with Crippen LogP contribution in [0.25, 0.3) is 22.3 Å². The first-order valence-electron chi connectivity index (χ1n) is 10.7. The van der Waals surface area contributed by atoms with Gasteiger partial charge >= 0.3 is 0 Å². The summed E-state index contributed by atoms with van der Waals surface area (Å²) in [5.74, 6) is 0.656. The van der Waals surface area contributed by atoms with Gasteiger partial charge < -0.3 is 16.8 Å². The number of benzene rings is 2. The fraction of sp³-hybridized carbons (Fsp3) is 0.292. The molecule has 4 aromatic rings. The quantitative estimate of drug-likeness (QED) is 0.396. The Bertz CT molecular complexity index is 1180. The van der Waals surface area contributed by atoms with Crippen LogP contribution in [-0.2, 0) is 12.1 Å². The summed E-state index contributed by atoms with van der Waals surface area (Å²) in [6, 6.07) is 18.8. The summed E-state index contributed by atoms with van der Waals surface area (Å²) in [4.78, 5) is 9.34. The zero-order valence-corrected chi connectivity index (χ0v) is 17.4. The monoisotopic (exact) mass is 413 g/mol. The number of aromatic amines is 1. The molecule has 1 saturated carbocycles. The van der Waals surface area contributed by atoms with Crippen LogP contribution < -0.4 is 16.8 Å². The Labute approximate surface area is 181 Å². The molecule has 7 nitrogen and oxygen atoms in total. The van der Waals surface area contributed by atoms with E-state index >= 15 is 0 Å². The van der Waals surface area contributed by atoms with Gasteiger partial charge in [0, 0.05) is 30.0 Å². The Kier molecular flexibility index (Phi) is 5.13. The van der Waals surface area contributed by atoms with E-state index in [1.807, 2.05) is 30.5 Å². The number of hydrogen-bond donors (Lipinski definition) is 4. The predicted molar refractivity (Wildman–Crippen MR) is 123 cm³/mol. The number of aromatic nitrogens is 4. The third-order valence-corrected chi connectivity index (χ3v) is 6.17. The maximum atomic E-state index is 6.63. The highest BCUT2D eigenvalue weighted by Crippen LogP contribution is 2.34. The van der Waals surface area contributed by atoms with Gasteiger partial charge in [0.1, 0.15) is 0 Å². The summed E-state index contributed by atoms with van der Waals surface area (Å²) in [7, 11) is 0. The Morgan fingerprint density at radius 2 is 1.87 bits per heavy atom. The fourth-order valence-electron chi connectivity index (χ4n) is 4.23. The lowest BCUT2D eigenvalue weighted by molar-refractivity contribution is 0.265. The molecular weight excluding hydrogens is 386 g/mol. The van der Waals surface area contributed by atoms with Crippen LogP contribution in [0.5, 0.6) is 0 Å². The molecule has 6 N–H and O–H groups in total. The van der Waals surface area contributed by atoms with E-state index in [2.05, 4.69) is 50.8 Å². The molecule has 0 radical (unpaired) electrons. The first kappa shape index (κ1) is 19.7. The Hall–Kier alpha value is -3.29. The van der Waals surface area contributed by atoms with Crippen LogP contribution in [-0.4, -0.2) is 26.2 Å². The van der Waals surface area contributed by atoms with E-state index in [1.165, 1.54) is 5.56 Å². The van der Waals surface area contributed by atoms with Crippen molar-refractivity contribution in [3.63, 3.8) is 0 Å². The van der Waals surface area contributed by atoms with Gasteiger partial charge in [-0.1, -0.05) is 42.5 Å². The molecule has 158 valence electrons. The third kappa shape index (κ3) is 4.02. The third-order valence-electron chi connectivity index (χ3n) is 6.17. The molecule has 7 heteroatoms.